The summed E-state index contributed by atoms with van der Waals surface area (Å²) in [4.78, 5) is 4.84. The molecule has 17 heavy (non-hydrogen) atoms. The second kappa shape index (κ2) is 5.67. The molecule has 2 nitrogen and oxygen atoms in total. The molecule has 0 aliphatic carbocycles. The van der Waals surface area contributed by atoms with Gasteiger partial charge in [-0.2, -0.15) is 0 Å². The van der Waals surface area contributed by atoms with Crippen molar-refractivity contribution in [3.8, 4) is 0 Å². The molecular formula is C14H19ClN2. The first-order valence-electron chi connectivity index (χ1n) is 5.99. The van der Waals surface area contributed by atoms with E-state index >= 15 is 0 Å². The maximum Gasteiger partial charge on any atom is 0.0478 e. The van der Waals surface area contributed by atoms with E-state index in [0.717, 1.165) is 31.2 Å². The van der Waals surface area contributed by atoms with E-state index < -0.39 is 0 Å². The fourth-order valence-corrected chi connectivity index (χ4v) is 2.47. The van der Waals surface area contributed by atoms with Crippen molar-refractivity contribution in [2.45, 2.75) is 6.04 Å². The summed E-state index contributed by atoms with van der Waals surface area (Å²) < 4.78 is 0. The average Bonchev–Trinajstić information content (AvgIpc) is 2.33. The molecule has 92 valence electrons. The third kappa shape index (κ3) is 3.09. The van der Waals surface area contributed by atoms with E-state index in [1.807, 2.05) is 18.2 Å². The van der Waals surface area contributed by atoms with Crippen LogP contribution in [0.25, 0.3) is 0 Å². The summed E-state index contributed by atoms with van der Waals surface area (Å²) in [6.45, 7) is 8.07. The SMILES string of the molecule is C=CCN1CCN(C)CC1c1ccc(Cl)cc1. The van der Waals surface area contributed by atoms with Gasteiger partial charge in [-0.15, -0.1) is 6.58 Å². The second-order valence-electron chi connectivity index (χ2n) is 4.61. The summed E-state index contributed by atoms with van der Waals surface area (Å²) in [6, 6.07) is 8.64. The molecule has 0 N–H and O–H groups in total. The highest BCUT2D eigenvalue weighted by Crippen LogP contribution is 2.25. The Hall–Kier alpha value is -0.830. The Kier molecular flexibility index (Phi) is 4.21. The number of nitrogens with zero attached hydrogens (tertiary/aromatic N) is 2. The molecule has 1 aromatic rings. The lowest BCUT2D eigenvalue weighted by molar-refractivity contribution is 0.101. The van der Waals surface area contributed by atoms with Crippen LogP contribution in [0.2, 0.25) is 5.02 Å². The molecule has 0 amide bonds. The first kappa shape index (κ1) is 12.6. The van der Waals surface area contributed by atoms with Gasteiger partial charge in [-0.25, -0.2) is 0 Å². The Morgan fingerprint density at radius 1 is 1.35 bits per heavy atom. The number of halogens is 1. The highest BCUT2D eigenvalue weighted by Gasteiger charge is 2.25. The maximum atomic E-state index is 5.94. The van der Waals surface area contributed by atoms with Gasteiger partial charge in [0.1, 0.15) is 0 Å². The Bertz CT molecular complexity index is 374. The lowest BCUT2D eigenvalue weighted by Crippen LogP contribution is -2.46. The zero-order valence-electron chi connectivity index (χ0n) is 10.3. The van der Waals surface area contributed by atoms with E-state index in [2.05, 4.69) is 35.6 Å². The molecule has 0 saturated carbocycles. The Morgan fingerprint density at radius 2 is 2.06 bits per heavy atom. The van der Waals surface area contributed by atoms with Crippen molar-refractivity contribution in [2.24, 2.45) is 0 Å². The lowest BCUT2D eigenvalue weighted by Gasteiger charge is -2.39. The van der Waals surface area contributed by atoms with Crippen LogP contribution < -0.4 is 0 Å². The van der Waals surface area contributed by atoms with Crippen LogP contribution in [0.15, 0.2) is 36.9 Å². The Balaban J connectivity index is 2.19. The molecule has 0 aromatic heterocycles. The third-order valence-electron chi connectivity index (χ3n) is 3.31. The van der Waals surface area contributed by atoms with Crippen molar-refractivity contribution in [3.63, 3.8) is 0 Å². The van der Waals surface area contributed by atoms with Gasteiger partial charge in [-0.05, 0) is 24.7 Å². The maximum absolute atomic E-state index is 5.94. The number of rotatable bonds is 3. The highest BCUT2D eigenvalue weighted by atomic mass is 35.5. The Labute approximate surface area is 108 Å². The smallest absolute Gasteiger partial charge is 0.0478 e. The molecule has 3 heteroatoms. The molecule has 1 saturated heterocycles. The van der Waals surface area contributed by atoms with Crippen LogP contribution in [-0.4, -0.2) is 43.0 Å². The van der Waals surface area contributed by atoms with Gasteiger partial charge in [0.15, 0.2) is 0 Å². The molecule has 1 aromatic carbocycles. The predicted octanol–water partition coefficient (Wildman–Crippen LogP) is 2.81. The molecule has 1 fully saturated rings. The number of piperazine rings is 1. The predicted molar refractivity (Wildman–Crippen MR) is 73.5 cm³/mol. The second-order valence-corrected chi connectivity index (χ2v) is 5.05. The van der Waals surface area contributed by atoms with E-state index in [1.165, 1.54) is 5.56 Å². The number of hydrogen-bond donors (Lipinski definition) is 0. The zero-order valence-corrected chi connectivity index (χ0v) is 11.0. The molecule has 0 radical (unpaired) electrons. The van der Waals surface area contributed by atoms with Gasteiger partial charge < -0.3 is 4.90 Å². The van der Waals surface area contributed by atoms with Crippen LogP contribution in [0, 0.1) is 0 Å². The van der Waals surface area contributed by atoms with Crippen LogP contribution in [0.4, 0.5) is 0 Å². The van der Waals surface area contributed by atoms with E-state index in [9.17, 15) is 0 Å². The Morgan fingerprint density at radius 3 is 2.71 bits per heavy atom. The first-order chi connectivity index (χ1) is 8.20. The molecule has 1 aliphatic heterocycles. The van der Waals surface area contributed by atoms with E-state index in [0.29, 0.717) is 6.04 Å². The van der Waals surface area contributed by atoms with Gasteiger partial charge >= 0.3 is 0 Å². The molecule has 1 aliphatic rings. The summed E-state index contributed by atoms with van der Waals surface area (Å²) in [7, 11) is 2.17. The van der Waals surface area contributed by atoms with Crippen LogP contribution in [0.3, 0.4) is 0 Å². The van der Waals surface area contributed by atoms with E-state index in [1.54, 1.807) is 0 Å². The van der Waals surface area contributed by atoms with E-state index in [4.69, 9.17) is 11.6 Å². The molecule has 0 spiro atoms. The van der Waals surface area contributed by atoms with Crippen LogP contribution in [-0.2, 0) is 0 Å². The topological polar surface area (TPSA) is 6.48 Å². The molecule has 0 bridgehead atoms. The minimum Gasteiger partial charge on any atom is -0.303 e. The van der Waals surface area contributed by atoms with Crippen molar-refractivity contribution < 1.29 is 0 Å². The monoisotopic (exact) mass is 250 g/mol. The van der Waals surface area contributed by atoms with Crippen molar-refractivity contribution in [1.29, 1.82) is 0 Å². The summed E-state index contributed by atoms with van der Waals surface area (Å²) in [6.07, 6.45) is 1.98. The largest absolute Gasteiger partial charge is 0.303 e. The van der Waals surface area contributed by atoms with Crippen LogP contribution in [0.5, 0.6) is 0 Å². The van der Waals surface area contributed by atoms with Crippen LogP contribution >= 0.6 is 11.6 Å². The van der Waals surface area contributed by atoms with Crippen molar-refractivity contribution in [3.05, 3.63) is 47.5 Å². The van der Waals surface area contributed by atoms with Crippen molar-refractivity contribution >= 4 is 11.6 Å². The van der Waals surface area contributed by atoms with Crippen molar-refractivity contribution in [2.75, 3.05) is 33.2 Å². The van der Waals surface area contributed by atoms with Gasteiger partial charge in [0, 0.05) is 37.2 Å². The minimum atomic E-state index is 0.448. The van der Waals surface area contributed by atoms with Gasteiger partial charge in [-0.3, -0.25) is 4.90 Å². The van der Waals surface area contributed by atoms with E-state index in [-0.39, 0.29) is 0 Å². The lowest BCUT2D eigenvalue weighted by atomic mass is 10.0. The molecule has 1 atom stereocenters. The zero-order chi connectivity index (χ0) is 12.3. The number of hydrogen-bond acceptors (Lipinski definition) is 2. The first-order valence-corrected chi connectivity index (χ1v) is 6.37. The summed E-state index contributed by atoms with van der Waals surface area (Å²) in [5.74, 6) is 0. The van der Waals surface area contributed by atoms with Gasteiger partial charge in [0.25, 0.3) is 0 Å². The molecule has 1 unspecified atom stereocenters. The summed E-state index contributed by atoms with van der Waals surface area (Å²) >= 11 is 5.94. The third-order valence-corrected chi connectivity index (χ3v) is 3.56. The van der Waals surface area contributed by atoms with Gasteiger partial charge in [-0.1, -0.05) is 29.8 Å². The molecule has 1 heterocycles. The van der Waals surface area contributed by atoms with Crippen molar-refractivity contribution in [1.82, 2.24) is 9.80 Å². The summed E-state index contributed by atoms with van der Waals surface area (Å²) in [5, 5.41) is 0.799. The number of likely N-dealkylation sites (N-methyl/N-ethyl adjacent to an activating group) is 1. The van der Waals surface area contributed by atoms with Gasteiger partial charge in [0.2, 0.25) is 0 Å². The fraction of sp³-hybridized carbons (Fsp3) is 0.429. The molecule has 2 rings (SSSR count). The average molecular weight is 251 g/mol. The quantitative estimate of drug-likeness (QED) is 0.762. The van der Waals surface area contributed by atoms with Crippen LogP contribution in [0.1, 0.15) is 11.6 Å². The van der Waals surface area contributed by atoms with Gasteiger partial charge in [0.05, 0.1) is 0 Å². The standard InChI is InChI=1S/C14H19ClN2/c1-3-8-17-10-9-16(2)11-14(17)12-4-6-13(15)7-5-12/h3-7,14H,1,8-11H2,2H3. The summed E-state index contributed by atoms with van der Waals surface area (Å²) in [5.41, 5.74) is 1.34. The fourth-order valence-electron chi connectivity index (χ4n) is 2.34. The molecular weight excluding hydrogens is 232 g/mol. The highest BCUT2D eigenvalue weighted by molar-refractivity contribution is 6.30. The minimum absolute atomic E-state index is 0.448. The number of benzene rings is 1. The normalized spacial score (nSPS) is 22.6.